The van der Waals surface area contributed by atoms with Gasteiger partial charge < -0.3 is 5.32 Å². The molecule has 0 aliphatic carbocycles. The summed E-state index contributed by atoms with van der Waals surface area (Å²) < 4.78 is 27.3. The molecule has 0 saturated heterocycles. The average molecular weight is 310 g/mol. The van der Waals surface area contributed by atoms with Crippen molar-refractivity contribution in [1.82, 2.24) is 5.32 Å². The standard InChI is InChI=1S/C14H18N2O2S2/c1-10-4-11(2)6-12(5-10)16-20(17,18)14-7-13(8-15-3)19-9-14/h4-7,9,15-16H,8H2,1-3H3. The van der Waals surface area contributed by atoms with Gasteiger partial charge in [-0.1, -0.05) is 6.07 Å². The average Bonchev–Trinajstić information content (AvgIpc) is 2.76. The van der Waals surface area contributed by atoms with Crippen LogP contribution in [0.3, 0.4) is 0 Å². The van der Waals surface area contributed by atoms with Crippen molar-refractivity contribution in [2.75, 3.05) is 11.8 Å². The van der Waals surface area contributed by atoms with Crippen molar-refractivity contribution < 1.29 is 8.42 Å². The van der Waals surface area contributed by atoms with E-state index in [0.717, 1.165) is 16.0 Å². The van der Waals surface area contributed by atoms with Gasteiger partial charge in [-0.2, -0.15) is 0 Å². The summed E-state index contributed by atoms with van der Waals surface area (Å²) in [6, 6.07) is 7.36. The third kappa shape index (κ3) is 3.59. The fourth-order valence-corrected chi connectivity index (χ4v) is 4.34. The molecule has 2 aromatic rings. The van der Waals surface area contributed by atoms with Crippen LogP contribution in [0.4, 0.5) is 5.69 Å². The number of rotatable bonds is 5. The Morgan fingerprint density at radius 1 is 1.10 bits per heavy atom. The van der Waals surface area contributed by atoms with Crippen LogP contribution in [0.15, 0.2) is 34.5 Å². The van der Waals surface area contributed by atoms with Gasteiger partial charge in [0.05, 0.1) is 4.90 Å². The summed E-state index contributed by atoms with van der Waals surface area (Å²) in [6.07, 6.45) is 0. The SMILES string of the molecule is CNCc1cc(S(=O)(=O)Nc2cc(C)cc(C)c2)cs1. The van der Waals surface area contributed by atoms with Crippen molar-refractivity contribution >= 4 is 27.0 Å². The van der Waals surface area contributed by atoms with E-state index >= 15 is 0 Å². The highest BCUT2D eigenvalue weighted by Crippen LogP contribution is 2.23. The fourth-order valence-electron chi connectivity index (χ4n) is 2.02. The maximum Gasteiger partial charge on any atom is 0.262 e. The Morgan fingerprint density at radius 2 is 1.75 bits per heavy atom. The summed E-state index contributed by atoms with van der Waals surface area (Å²) in [7, 11) is -1.68. The second kappa shape index (κ2) is 5.95. The molecule has 0 bridgehead atoms. The highest BCUT2D eigenvalue weighted by molar-refractivity contribution is 7.92. The summed E-state index contributed by atoms with van der Waals surface area (Å²) in [5.41, 5.74) is 2.66. The van der Waals surface area contributed by atoms with Crippen LogP contribution in [0.25, 0.3) is 0 Å². The van der Waals surface area contributed by atoms with Crippen LogP contribution < -0.4 is 10.0 Å². The maximum atomic E-state index is 12.3. The molecule has 1 aromatic heterocycles. The molecule has 0 unspecified atom stereocenters. The molecule has 0 amide bonds. The number of anilines is 1. The smallest absolute Gasteiger partial charge is 0.262 e. The molecule has 0 spiro atoms. The van der Waals surface area contributed by atoms with Gasteiger partial charge in [0.25, 0.3) is 10.0 Å². The van der Waals surface area contributed by atoms with Gasteiger partial charge in [-0.25, -0.2) is 8.42 Å². The molecule has 0 aliphatic heterocycles. The van der Waals surface area contributed by atoms with E-state index in [-0.39, 0.29) is 0 Å². The third-order valence-corrected chi connectivity index (χ3v) is 5.21. The van der Waals surface area contributed by atoms with Crippen LogP contribution in [-0.4, -0.2) is 15.5 Å². The minimum atomic E-state index is -3.51. The van der Waals surface area contributed by atoms with Crippen molar-refractivity contribution in [2.45, 2.75) is 25.3 Å². The molecule has 1 aromatic carbocycles. The Balaban J connectivity index is 2.25. The first kappa shape index (κ1) is 15.0. The van der Waals surface area contributed by atoms with E-state index in [0.29, 0.717) is 17.1 Å². The van der Waals surface area contributed by atoms with E-state index in [2.05, 4.69) is 10.0 Å². The number of sulfonamides is 1. The fraction of sp³-hybridized carbons (Fsp3) is 0.286. The molecule has 1 heterocycles. The lowest BCUT2D eigenvalue weighted by molar-refractivity contribution is 0.601. The molecule has 0 aliphatic rings. The zero-order valence-corrected chi connectivity index (χ0v) is 13.4. The zero-order chi connectivity index (χ0) is 14.8. The first-order valence-electron chi connectivity index (χ1n) is 6.24. The second-order valence-electron chi connectivity index (χ2n) is 4.76. The Bertz CT molecular complexity index is 685. The van der Waals surface area contributed by atoms with Gasteiger partial charge in [0.1, 0.15) is 0 Å². The first-order chi connectivity index (χ1) is 9.40. The number of nitrogens with one attached hydrogen (secondary N) is 2. The monoisotopic (exact) mass is 310 g/mol. The van der Waals surface area contributed by atoms with Crippen LogP contribution in [0.1, 0.15) is 16.0 Å². The van der Waals surface area contributed by atoms with E-state index in [4.69, 9.17) is 0 Å². The minimum Gasteiger partial charge on any atom is -0.315 e. The molecule has 0 radical (unpaired) electrons. The molecule has 0 fully saturated rings. The predicted octanol–water partition coefficient (Wildman–Crippen LogP) is 2.89. The number of hydrogen-bond donors (Lipinski definition) is 2. The van der Waals surface area contributed by atoms with Crippen molar-refractivity contribution in [2.24, 2.45) is 0 Å². The number of benzene rings is 1. The minimum absolute atomic E-state index is 0.312. The van der Waals surface area contributed by atoms with Gasteiger partial charge in [-0.3, -0.25) is 4.72 Å². The van der Waals surface area contributed by atoms with Crippen LogP contribution in [0.2, 0.25) is 0 Å². The zero-order valence-electron chi connectivity index (χ0n) is 11.7. The van der Waals surface area contributed by atoms with E-state index < -0.39 is 10.0 Å². The molecule has 4 nitrogen and oxygen atoms in total. The van der Waals surface area contributed by atoms with E-state index in [9.17, 15) is 8.42 Å². The van der Waals surface area contributed by atoms with Crippen molar-refractivity contribution in [3.8, 4) is 0 Å². The van der Waals surface area contributed by atoms with Gasteiger partial charge in [0, 0.05) is 22.5 Å². The predicted molar refractivity (Wildman–Crippen MR) is 83.8 cm³/mol. The number of aryl methyl sites for hydroxylation is 2. The highest BCUT2D eigenvalue weighted by atomic mass is 32.2. The summed E-state index contributed by atoms with van der Waals surface area (Å²) in [5.74, 6) is 0. The molecular formula is C14H18N2O2S2. The molecule has 2 N–H and O–H groups in total. The largest absolute Gasteiger partial charge is 0.315 e. The molecule has 0 saturated carbocycles. The maximum absolute atomic E-state index is 12.3. The van der Waals surface area contributed by atoms with Crippen LogP contribution in [0.5, 0.6) is 0 Å². The molecule has 108 valence electrons. The first-order valence-corrected chi connectivity index (χ1v) is 8.60. The number of thiophene rings is 1. The molecular weight excluding hydrogens is 292 g/mol. The third-order valence-electron chi connectivity index (χ3n) is 2.76. The van der Waals surface area contributed by atoms with Crippen molar-refractivity contribution in [1.29, 1.82) is 0 Å². The van der Waals surface area contributed by atoms with Gasteiger partial charge >= 0.3 is 0 Å². The van der Waals surface area contributed by atoms with Gasteiger partial charge in [-0.15, -0.1) is 11.3 Å². The normalized spacial score (nSPS) is 11.6. The lowest BCUT2D eigenvalue weighted by atomic mass is 10.1. The Kier molecular flexibility index (Phi) is 4.47. The van der Waals surface area contributed by atoms with E-state index in [1.165, 1.54) is 11.3 Å². The van der Waals surface area contributed by atoms with Crippen LogP contribution in [0, 0.1) is 13.8 Å². The van der Waals surface area contributed by atoms with Gasteiger partial charge in [0.15, 0.2) is 0 Å². The number of hydrogen-bond acceptors (Lipinski definition) is 4. The summed E-state index contributed by atoms with van der Waals surface area (Å²) in [5, 5.41) is 4.67. The summed E-state index contributed by atoms with van der Waals surface area (Å²) in [4.78, 5) is 1.31. The van der Waals surface area contributed by atoms with Gasteiger partial charge in [0.2, 0.25) is 0 Å². The molecule has 0 atom stereocenters. The van der Waals surface area contributed by atoms with Crippen LogP contribution in [-0.2, 0) is 16.6 Å². The van der Waals surface area contributed by atoms with Crippen LogP contribution >= 0.6 is 11.3 Å². The molecule has 2 rings (SSSR count). The Labute approximate surface area is 123 Å². The Morgan fingerprint density at radius 3 is 2.35 bits per heavy atom. The van der Waals surface area contributed by atoms with Gasteiger partial charge in [-0.05, 0) is 50.2 Å². The topological polar surface area (TPSA) is 58.2 Å². The van der Waals surface area contributed by atoms with E-state index in [1.54, 1.807) is 11.4 Å². The van der Waals surface area contributed by atoms with E-state index in [1.807, 2.05) is 39.1 Å². The highest BCUT2D eigenvalue weighted by Gasteiger charge is 2.16. The van der Waals surface area contributed by atoms with Crippen molar-refractivity contribution in [3.05, 3.63) is 45.6 Å². The summed E-state index contributed by atoms with van der Waals surface area (Å²) in [6.45, 7) is 4.56. The lowest BCUT2D eigenvalue weighted by Crippen LogP contribution is -2.12. The van der Waals surface area contributed by atoms with Crippen molar-refractivity contribution in [3.63, 3.8) is 0 Å². The lowest BCUT2D eigenvalue weighted by Gasteiger charge is -2.08. The second-order valence-corrected chi connectivity index (χ2v) is 7.44. The summed E-state index contributed by atoms with van der Waals surface area (Å²) >= 11 is 1.44. The quantitative estimate of drug-likeness (QED) is 0.893. The molecule has 6 heteroatoms. The Hall–Kier alpha value is -1.37. The molecule has 20 heavy (non-hydrogen) atoms.